The summed E-state index contributed by atoms with van der Waals surface area (Å²) >= 11 is 0. The van der Waals surface area contributed by atoms with E-state index < -0.39 is 11.9 Å². The molecule has 6 heteroatoms. The van der Waals surface area contributed by atoms with Crippen molar-refractivity contribution in [2.24, 2.45) is 5.73 Å². The predicted octanol–water partition coefficient (Wildman–Crippen LogP) is -0.126. The van der Waals surface area contributed by atoms with Gasteiger partial charge in [0.2, 0.25) is 11.8 Å². The molecule has 1 aromatic rings. The molecule has 2 amide bonds. The summed E-state index contributed by atoms with van der Waals surface area (Å²) in [5.74, 6) is -0.650. The number of rotatable bonds is 6. The standard InChI is InChI=1S/C16H23N3O3/c1-22-12-15(20)19-10-9-18(11-14(19)16(17)21)8-7-13-5-3-2-4-6-13/h2-6,14H,7-12H2,1H3,(H2,17,21). The van der Waals surface area contributed by atoms with Crippen molar-refractivity contribution in [3.63, 3.8) is 0 Å². The molecule has 120 valence electrons. The van der Waals surface area contributed by atoms with Gasteiger partial charge in [-0.15, -0.1) is 0 Å². The summed E-state index contributed by atoms with van der Waals surface area (Å²) in [5, 5.41) is 0. The van der Waals surface area contributed by atoms with Crippen LogP contribution in [0.3, 0.4) is 0 Å². The summed E-state index contributed by atoms with van der Waals surface area (Å²) in [7, 11) is 1.47. The van der Waals surface area contributed by atoms with Crippen LogP contribution in [0.25, 0.3) is 0 Å². The van der Waals surface area contributed by atoms with Crippen molar-refractivity contribution in [3.05, 3.63) is 35.9 Å². The number of carbonyl (C=O) groups is 2. The van der Waals surface area contributed by atoms with Gasteiger partial charge in [-0.2, -0.15) is 0 Å². The number of nitrogens with two attached hydrogens (primary N) is 1. The molecule has 1 aliphatic rings. The van der Waals surface area contributed by atoms with Crippen molar-refractivity contribution in [1.82, 2.24) is 9.80 Å². The molecule has 1 fully saturated rings. The fourth-order valence-electron chi connectivity index (χ4n) is 2.72. The summed E-state index contributed by atoms with van der Waals surface area (Å²) in [4.78, 5) is 27.3. The second-order valence-electron chi connectivity index (χ2n) is 5.47. The molecule has 0 bridgehead atoms. The molecule has 1 aliphatic heterocycles. The largest absolute Gasteiger partial charge is 0.375 e. The van der Waals surface area contributed by atoms with E-state index in [2.05, 4.69) is 17.0 Å². The summed E-state index contributed by atoms with van der Waals surface area (Å²) in [5.41, 5.74) is 6.72. The van der Waals surface area contributed by atoms with Crippen LogP contribution < -0.4 is 5.73 Å². The van der Waals surface area contributed by atoms with E-state index >= 15 is 0 Å². The van der Waals surface area contributed by atoms with E-state index in [1.165, 1.54) is 17.6 Å². The van der Waals surface area contributed by atoms with E-state index in [-0.39, 0.29) is 12.5 Å². The maximum absolute atomic E-state index is 12.0. The Balaban J connectivity index is 1.92. The second-order valence-corrected chi connectivity index (χ2v) is 5.47. The van der Waals surface area contributed by atoms with Gasteiger partial charge >= 0.3 is 0 Å². The van der Waals surface area contributed by atoms with Crippen LogP contribution in [0.5, 0.6) is 0 Å². The third kappa shape index (κ3) is 4.29. The third-order valence-corrected chi connectivity index (χ3v) is 3.94. The number of amides is 2. The Kier molecular flexibility index (Phi) is 5.91. The minimum Gasteiger partial charge on any atom is -0.375 e. The second kappa shape index (κ2) is 7.91. The summed E-state index contributed by atoms with van der Waals surface area (Å²) < 4.78 is 4.86. The van der Waals surface area contributed by atoms with E-state index in [0.717, 1.165) is 19.5 Å². The first kappa shape index (κ1) is 16.5. The molecular formula is C16H23N3O3. The fourth-order valence-corrected chi connectivity index (χ4v) is 2.72. The Morgan fingerprint density at radius 2 is 2.00 bits per heavy atom. The Labute approximate surface area is 130 Å². The first-order valence-electron chi connectivity index (χ1n) is 7.46. The molecule has 1 atom stereocenters. The van der Waals surface area contributed by atoms with Gasteiger partial charge in [0.1, 0.15) is 12.6 Å². The molecule has 22 heavy (non-hydrogen) atoms. The fraction of sp³-hybridized carbons (Fsp3) is 0.500. The number of benzene rings is 1. The molecule has 1 unspecified atom stereocenters. The highest BCUT2D eigenvalue weighted by molar-refractivity contribution is 5.87. The van der Waals surface area contributed by atoms with Gasteiger partial charge in [0, 0.05) is 33.3 Å². The topological polar surface area (TPSA) is 75.9 Å². The predicted molar refractivity (Wildman–Crippen MR) is 83.2 cm³/mol. The molecule has 1 heterocycles. The third-order valence-electron chi connectivity index (χ3n) is 3.94. The van der Waals surface area contributed by atoms with E-state index in [0.29, 0.717) is 13.1 Å². The van der Waals surface area contributed by atoms with E-state index in [1.54, 1.807) is 0 Å². The summed E-state index contributed by atoms with van der Waals surface area (Å²) in [6.07, 6.45) is 0.915. The lowest BCUT2D eigenvalue weighted by Crippen LogP contribution is -2.60. The summed E-state index contributed by atoms with van der Waals surface area (Å²) in [6, 6.07) is 9.62. The number of piperazine rings is 1. The molecule has 6 nitrogen and oxygen atoms in total. The van der Waals surface area contributed by atoms with Crippen LogP contribution in [0.15, 0.2) is 30.3 Å². The lowest BCUT2D eigenvalue weighted by Gasteiger charge is -2.39. The van der Waals surface area contributed by atoms with Crippen molar-refractivity contribution in [2.45, 2.75) is 12.5 Å². The van der Waals surface area contributed by atoms with Crippen molar-refractivity contribution in [1.29, 1.82) is 0 Å². The number of hydrogen-bond acceptors (Lipinski definition) is 4. The van der Waals surface area contributed by atoms with Crippen LogP contribution in [-0.4, -0.2) is 67.6 Å². The Bertz CT molecular complexity index is 507. The maximum atomic E-state index is 12.0. The number of hydrogen-bond donors (Lipinski definition) is 1. The maximum Gasteiger partial charge on any atom is 0.249 e. The monoisotopic (exact) mass is 305 g/mol. The Hall–Kier alpha value is -1.92. The average molecular weight is 305 g/mol. The van der Waals surface area contributed by atoms with Crippen LogP contribution in [-0.2, 0) is 20.7 Å². The molecule has 2 N–H and O–H groups in total. The molecule has 1 saturated heterocycles. The zero-order valence-corrected chi connectivity index (χ0v) is 12.9. The Morgan fingerprint density at radius 3 is 2.64 bits per heavy atom. The van der Waals surface area contributed by atoms with Gasteiger partial charge in [-0.3, -0.25) is 14.5 Å². The first-order chi connectivity index (χ1) is 10.6. The highest BCUT2D eigenvalue weighted by atomic mass is 16.5. The van der Waals surface area contributed by atoms with Crippen molar-refractivity contribution >= 4 is 11.8 Å². The van der Waals surface area contributed by atoms with Gasteiger partial charge in [0.05, 0.1) is 0 Å². The number of carbonyl (C=O) groups excluding carboxylic acids is 2. The number of primary amides is 1. The highest BCUT2D eigenvalue weighted by Crippen LogP contribution is 2.11. The molecule has 0 saturated carbocycles. The smallest absolute Gasteiger partial charge is 0.249 e. The lowest BCUT2D eigenvalue weighted by molar-refractivity contribution is -0.145. The van der Waals surface area contributed by atoms with Gasteiger partial charge in [0.25, 0.3) is 0 Å². The summed E-state index contributed by atoms with van der Waals surface area (Å²) in [6.45, 7) is 2.56. The van der Waals surface area contributed by atoms with Crippen LogP contribution in [0.1, 0.15) is 5.56 Å². The van der Waals surface area contributed by atoms with Gasteiger partial charge in [-0.1, -0.05) is 30.3 Å². The average Bonchev–Trinajstić information content (AvgIpc) is 2.54. The molecule has 1 aromatic carbocycles. The quantitative estimate of drug-likeness (QED) is 0.794. The number of ether oxygens (including phenoxy) is 1. The number of nitrogens with zero attached hydrogens (tertiary/aromatic N) is 2. The zero-order chi connectivity index (χ0) is 15.9. The van der Waals surface area contributed by atoms with Crippen molar-refractivity contribution in [2.75, 3.05) is 39.9 Å². The molecule has 0 aromatic heterocycles. The van der Waals surface area contributed by atoms with Gasteiger partial charge < -0.3 is 15.4 Å². The van der Waals surface area contributed by atoms with Crippen LogP contribution in [0.2, 0.25) is 0 Å². The van der Waals surface area contributed by atoms with Crippen LogP contribution >= 0.6 is 0 Å². The molecule has 0 radical (unpaired) electrons. The van der Waals surface area contributed by atoms with Gasteiger partial charge in [0.15, 0.2) is 0 Å². The van der Waals surface area contributed by atoms with E-state index in [4.69, 9.17) is 10.5 Å². The molecule has 0 aliphatic carbocycles. The van der Waals surface area contributed by atoms with Gasteiger partial charge in [-0.25, -0.2) is 0 Å². The lowest BCUT2D eigenvalue weighted by atomic mass is 10.1. The minimum absolute atomic E-state index is 0.0200. The van der Waals surface area contributed by atoms with Crippen LogP contribution in [0.4, 0.5) is 0 Å². The van der Waals surface area contributed by atoms with Crippen LogP contribution in [0, 0.1) is 0 Å². The van der Waals surface area contributed by atoms with Gasteiger partial charge in [-0.05, 0) is 12.0 Å². The normalized spacial score (nSPS) is 19.1. The first-order valence-corrected chi connectivity index (χ1v) is 7.46. The van der Waals surface area contributed by atoms with E-state index in [9.17, 15) is 9.59 Å². The number of methoxy groups -OCH3 is 1. The SMILES string of the molecule is COCC(=O)N1CCN(CCc2ccccc2)CC1C(N)=O. The Morgan fingerprint density at radius 1 is 1.27 bits per heavy atom. The molecule has 2 rings (SSSR count). The van der Waals surface area contributed by atoms with E-state index in [1.807, 2.05) is 18.2 Å². The highest BCUT2D eigenvalue weighted by Gasteiger charge is 2.33. The molecule has 0 spiro atoms. The zero-order valence-electron chi connectivity index (χ0n) is 12.9. The van der Waals surface area contributed by atoms with Crippen molar-refractivity contribution in [3.8, 4) is 0 Å². The minimum atomic E-state index is -0.577. The molecular weight excluding hydrogens is 282 g/mol. The van der Waals surface area contributed by atoms with Crippen molar-refractivity contribution < 1.29 is 14.3 Å².